The van der Waals surface area contributed by atoms with Crippen molar-refractivity contribution in [2.24, 2.45) is 0 Å². The molecule has 0 unspecified atom stereocenters. The van der Waals surface area contributed by atoms with Crippen molar-refractivity contribution in [1.29, 1.82) is 0 Å². The van der Waals surface area contributed by atoms with Gasteiger partial charge in [0, 0.05) is 17.8 Å². The number of aryl methyl sites for hydroxylation is 2. The van der Waals surface area contributed by atoms with Crippen LogP contribution in [0.1, 0.15) is 47.1 Å². The number of hydrogen-bond acceptors (Lipinski definition) is 3. The van der Waals surface area contributed by atoms with Crippen molar-refractivity contribution in [2.45, 2.75) is 39.0 Å². The Labute approximate surface area is 131 Å². The van der Waals surface area contributed by atoms with Crippen LogP contribution in [0, 0.1) is 19.7 Å². The molecular weight excluding hydrogens is 277 g/mol. The molecule has 0 saturated carbocycles. The molecule has 1 aliphatic heterocycles. The Morgan fingerprint density at radius 2 is 1.82 bits per heavy atom. The third kappa shape index (κ3) is 3.33. The second-order valence-corrected chi connectivity index (χ2v) is 6.06. The first-order valence-corrected chi connectivity index (χ1v) is 7.92. The molecule has 0 amide bonds. The summed E-state index contributed by atoms with van der Waals surface area (Å²) < 4.78 is 13.3. The van der Waals surface area contributed by atoms with E-state index in [0.717, 1.165) is 48.7 Å². The highest BCUT2D eigenvalue weighted by Crippen LogP contribution is 2.29. The van der Waals surface area contributed by atoms with E-state index < -0.39 is 0 Å². The highest BCUT2D eigenvalue weighted by Gasteiger charge is 2.21. The van der Waals surface area contributed by atoms with Gasteiger partial charge >= 0.3 is 0 Å². The predicted molar refractivity (Wildman–Crippen MR) is 85.6 cm³/mol. The predicted octanol–water partition coefficient (Wildman–Crippen LogP) is 3.29. The maximum atomic E-state index is 13.3. The summed E-state index contributed by atoms with van der Waals surface area (Å²) in [6.45, 7) is 6.27. The van der Waals surface area contributed by atoms with Crippen LogP contribution in [0.4, 0.5) is 4.39 Å². The molecule has 0 radical (unpaired) electrons. The monoisotopic (exact) mass is 299 g/mol. The lowest BCUT2D eigenvalue weighted by Crippen LogP contribution is -2.27. The standard InChI is InChI=1S/C18H22FN3/c1-12-18(15-6-8-20-9-7-15)13(2)22-17(21-12)11-14-4-3-5-16(19)10-14/h3-5,10,15,20H,6-9,11H2,1-2H3. The van der Waals surface area contributed by atoms with Crippen LogP contribution in [0.5, 0.6) is 0 Å². The summed E-state index contributed by atoms with van der Waals surface area (Å²) in [6.07, 6.45) is 2.87. The van der Waals surface area contributed by atoms with E-state index in [1.54, 1.807) is 12.1 Å². The molecule has 0 atom stereocenters. The number of benzene rings is 1. The zero-order valence-electron chi connectivity index (χ0n) is 13.2. The van der Waals surface area contributed by atoms with Gasteiger partial charge < -0.3 is 5.32 Å². The number of nitrogens with one attached hydrogen (secondary N) is 1. The zero-order valence-corrected chi connectivity index (χ0v) is 13.2. The first-order chi connectivity index (χ1) is 10.6. The molecule has 0 aliphatic carbocycles. The Morgan fingerprint density at radius 1 is 1.14 bits per heavy atom. The van der Waals surface area contributed by atoms with Gasteiger partial charge in [-0.1, -0.05) is 12.1 Å². The van der Waals surface area contributed by atoms with Crippen molar-refractivity contribution in [3.8, 4) is 0 Å². The van der Waals surface area contributed by atoms with E-state index >= 15 is 0 Å². The number of nitrogens with zero attached hydrogens (tertiary/aromatic N) is 2. The average molecular weight is 299 g/mol. The lowest BCUT2D eigenvalue weighted by molar-refractivity contribution is 0.455. The van der Waals surface area contributed by atoms with Crippen molar-refractivity contribution in [2.75, 3.05) is 13.1 Å². The third-order valence-corrected chi connectivity index (χ3v) is 4.37. The Balaban J connectivity index is 1.85. The van der Waals surface area contributed by atoms with Gasteiger partial charge in [0.15, 0.2) is 0 Å². The molecule has 3 nitrogen and oxygen atoms in total. The zero-order chi connectivity index (χ0) is 15.5. The van der Waals surface area contributed by atoms with Gasteiger partial charge in [-0.15, -0.1) is 0 Å². The van der Waals surface area contributed by atoms with Gasteiger partial charge in [0.1, 0.15) is 11.6 Å². The largest absolute Gasteiger partial charge is 0.317 e. The maximum absolute atomic E-state index is 13.3. The maximum Gasteiger partial charge on any atom is 0.133 e. The SMILES string of the molecule is Cc1nc(Cc2cccc(F)c2)nc(C)c1C1CCNCC1. The molecule has 1 aromatic heterocycles. The highest BCUT2D eigenvalue weighted by molar-refractivity contribution is 5.30. The molecule has 1 aliphatic rings. The Kier molecular flexibility index (Phi) is 4.48. The minimum atomic E-state index is -0.211. The summed E-state index contributed by atoms with van der Waals surface area (Å²) in [6, 6.07) is 6.65. The molecule has 1 saturated heterocycles. The Hall–Kier alpha value is -1.81. The molecule has 22 heavy (non-hydrogen) atoms. The number of rotatable bonds is 3. The molecule has 2 heterocycles. The first-order valence-electron chi connectivity index (χ1n) is 7.92. The first kappa shape index (κ1) is 15.1. The van der Waals surface area contributed by atoms with Crippen LogP contribution in [0.3, 0.4) is 0 Å². The van der Waals surface area contributed by atoms with Gasteiger partial charge in [0.25, 0.3) is 0 Å². The second-order valence-electron chi connectivity index (χ2n) is 6.06. The van der Waals surface area contributed by atoms with Gasteiger partial charge in [-0.25, -0.2) is 14.4 Å². The van der Waals surface area contributed by atoms with Gasteiger partial charge in [0.2, 0.25) is 0 Å². The lowest BCUT2D eigenvalue weighted by atomic mass is 9.88. The van der Waals surface area contributed by atoms with Crippen molar-refractivity contribution in [3.05, 3.63) is 58.4 Å². The summed E-state index contributed by atoms with van der Waals surface area (Å²) in [5.41, 5.74) is 4.37. The third-order valence-electron chi connectivity index (χ3n) is 4.37. The minimum Gasteiger partial charge on any atom is -0.317 e. The fourth-order valence-electron chi connectivity index (χ4n) is 3.40. The fourth-order valence-corrected chi connectivity index (χ4v) is 3.40. The molecule has 1 aromatic carbocycles. The van der Waals surface area contributed by atoms with E-state index in [0.29, 0.717) is 12.3 Å². The van der Waals surface area contributed by atoms with Gasteiger partial charge in [0.05, 0.1) is 0 Å². The van der Waals surface area contributed by atoms with E-state index in [1.165, 1.54) is 11.6 Å². The van der Waals surface area contributed by atoms with Gasteiger partial charge in [-0.3, -0.25) is 0 Å². The van der Waals surface area contributed by atoms with Crippen LogP contribution < -0.4 is 5.32 Å². The van der Waals surface area contributed by atoms with Crippen molar-refractivity contribution in [3.63, 3.8) is 0 Å². The van der Waals surface area contributed by atoms with Crippen LogP contribution in [-0.2, 0) is 6.42 Å². The summed E-state index contributed by atoms with van der Waals surface area (Å²) in [4.78, 5) is 9.36. The topological polar surface area (TPSA) is 37.8 Å². The summed E-state index contributed by atoms with van der Waals surface area (Å²) in [5, 5.41) is 3.40. The van der Waals surface area contributed by atoms with Crippen LogP contribution in [-0.4, -0.2) is 23.1 Å². The lowest BCUT2D eigenvalue weighted by Gasteiger charge is -2.25. The van der Waals surface area contributed by atoms with E-state index in [-0.39, 0.29) is 5.82 Å². The highest BCUT2D eigenvalue weighted by atomic mass is 19.1. The molecule has 1 fully saturated rings. The smallest absolute Gasteiger partial charge is 0.133 e. The van der Waals surface area contributed by atoms with Crippen LogP contribution >= 0.6 is 0 Å². The number of hydrogen-bond donors (Lipinski definition) is 1. The average Bonchev–Trinajstić information content (AvgIpc) is 2.47. The van der Waals surface area contributed by atoms with Crippen molar-refractivity contribution < 1.29 is 4.39 Å². The van der Waals surface area contributed by atoms with E-state index in [1.807, 2.05) is 6.07 Å². The molecule has 116 valence electrons. The summed E-state index contributed by atoms with van der Waals surface area (Å²) >= 11 is 0. The van der Waals surface area contributed by atoms with E-state index in [4.69, 9.17) is 0 Å². The molecule has 2 aromatic rings. The summed E-state index contributed by atoms with van der Waals surface area (Å²) in [7, 11) is 0. The molecule has 0 spiro atoms. The normalized spacial score (nSPS) is 16.0. The molecular formula is C18H22FN3. The van der Waals surface area contributed by atoms with E-state index in [2.05, 4.69) is 29.1 Å². The number of halogens is 1. The van der Waals surface area contributed by atoms with Gasteiger partial charge in [-0.05, 0) is 69.0 Å². The molecule has 0 bridgehead atoms. The van der Waals surface area contributed by atoms with Crippen LogP contribution in [0.15, 0.2) is 24.3 Å². The number of aromatic nitrogens is 2. The minimum absolute atomic E-state index is 0.211. The van der Waals surface area contributed by atoms with Crippen LogP contribution in [0.2, 0.25) is 0 Å². The molecule has 1 N–H and O–H groups in total. The Bertz CT molecular complexity index is 640. The molecule has 4 heteroatoms. The van der Waals surface area contributed by atoms with Crippen molar-refractivity contribution >= 4 is 0 Å². The number of piperidine rings is 1. The second kappa shape index (κ2) is 6.53. The van der Waals surface area contributed by atoms with Crippen molar-refractivity contribution in [1.82, 2.24) is 15.3 Å². The summed E-state index contributed by atoms with van der Waals surface area (Å²) in [5.74, 6) is 1.13. The fraction of sp³-hybridized carbons (Fsp3) is 0.444. The van der Waals surface area contributed by atoms with Crippen LogP contribution in [0.25, 0.3) is 0 Å². The molecule has 3 rings (SSSR count). The quantitative estimate of drug-likeness (QED) is 0.945. The van der Waals surface area contributed by atoms with E-state index in [9.17, 15) is 4.39 Å². The van der Waals surface area contributed by atoms with Gasteiger partial charge in [-0.2, -0.15) is 0 Å². The Morgan fingerprint density at radius 3 is 2.45 bits per heavy atom.